The van der Waals surface area contributed by atoms with E-state index >= 15 is 0 Å². The fraction of sp³-hybridized carbons (Fsp3) is 0.600. The Bertz CT molecular complexity index is 820. The molecule has 0 bridgehead atoms. The van der Waals surface area contributed by atoms with Gasteiger partial charge in [-0.1, -0.05) is 11.8 Å². The van der Waals surface area contributed by atoms with Crippen molar-refractivity contribution < 1.29 is 57.2 Å². The second-order valence-electron chi connectivity index (χ2n) is 6.78. The lowest BCUT2D eigenvalue weighted by Crippen LogP contribution is -2.57. The van der Waals surface area contributed by atoms with E-state index in [0.29, 0.717) is 0 Å². The Labute approximate surface area is 194 Å². The van der Waals surface area contributed by atoms with Gasteiger partial charge in [0.1, 0.15) is 0 Å². The Kier molecular flexibility index (Phi) is 10.9. The van der Waals surface area contributed by atoms with E-state index in [1.807, 2.05) is 0 Å². The summed E-state index contributed by atoms with van der Waals surface area (Å²) >= 11 is 0.777. The summed E-state index contributed by atoms with van der Waals surface area (Å²) in [4.78, 5) is 70.7. The highest BCUT2D eigenvalue weighted by Crippen LogP contribution is 2.31. The highest BCUT2D eigenvalue weighted by atomic mass is 32.2. The molecule has 13 heteroatoms. The van der Waals surface area contributed by atoms with E-state index in [0.717, 1.165) is 52.6 Å². The summed E-state index contributed by atoms with van der Waals surface area (Å²) < 4.78 is 31.4. The number of esters is 5. The molecule has 0 N–H and O–H groups in total. The molecule has 0 saturated heterocycles. The van der Waals surface area contributed by atoms with Crippen molar-refractivity contribution in [1.29, 1.82) is 0 Å². The molecule has 1 heterocycles. The van der Waals surface area contributed by atoms with Crippen LogP contribution in [0.3, 0.4) is 0 Å². The molecule has 1 aliphatic rings. The van der Waals surface area contributed by atoms with Crippen LogP contribution in [0.2, 0.25) is 0 Å². The molecule has 12 nitrogen and oxygen atoms in total. The van der Waals surface area contributed by atoms with Gasteiger partial charge in [-0.2, -0.15) is 0 Å². The lowest BCUT2D eigenvalue weighted by molar-refractivity contribution is -0.204. The number of rotatable bonds is 9. The molecule has 1 aliphatic heterocycles. The Balaban J connectivity index is 3.58. The molecular formula is C20H26O12S. The standard InChI is InChI=1S/C20H26O12S/c1-9(21)28-14-7-15(20(26)27-6)32-19(17(14)30-11(3)23)18(31-12(4)24)16(29-10(2)22)8-33-13(5)25/h7,14,16-19H,8H2,1-6H3/t14-,16+,17+,18+,19+/m0/s1. The molecular weight excluding hydrogens is 464 g/mol. The fourth-order valence-corrected chi connectivity index (χ4v) is 3.58. The number of methoxy groups -OCH3 is 1. The minimum absolute atomic E-state index is 0.158. The third kappa shape index (κ3) is 9.12. The molecule has 33 heavy (non-hydrogen) atoms. The molecule has 0 aliphatic carbocycles. The van der Waals surface area contributed by atoms with Gasteiger partial charge in [-0.05, 0) is 0 Å². The van der Waals surface area contributed by atoms with Crippen LogP contribution in [-0.4, -0.2) is 78.3 Å². The van der Waals surface area contributed by atoms with Crippen molar-refractivity contribution in [3.8, 4) is 0 Å². The van der Waals surface area contributed by atoms with E-state index in [1.165, 1.54) is 6.92 Å². The van der Waals surface area contributed by atoms with Crippen molar-refractivity contribution in [3.05, 3.63) is 11.8 Å². The zero-order valence-electron chi connectivity index (χ0n) is 19.0. The first-order chi connectivity index (χ1) is 15.3. The van der Waals surface area contributed by atoms with Gasteiger partial charge in [-0.15, -0.1) is 0 Å². The molecule has 0 fully saturated rings. The van der Waals surface area contributed by atoms with Crippen LogP contribution in [-0.2, 0) is 57.2 Å². The van der Waals surface area contributed by atoms with Gasteiger partial charge in [0.15, 0.2) is 35.6 Å². The van der Waals surface area contributed by atoms with Gasteiger partial charge in [-0.3, -0.25) is 24.0 Å². The molecule has 1 rings (SSSR count). The van der Waals surface area contributed by atoms with Crippen LogP contribution >= 0.6 is 11.8 Å². The second kappa shape index (κ2) is 12.8. The minimum atomic E-state index is -1.49. The quantitative estimate of drug-likeness (QED) is 0.324. The Morgan fingerprint density at radius 2 is 1.48 bits per heavy atom. The highest BCUT2D eigenvalue weighted by molar-refractivity contribution is 8.13. The van der Waals surface area contributed by atoms with Crippen LogP contribution < -0.4 is 0 Å². The van der Waals surface area contributed by atoms with Crippen LogP contribution in [0.5, 0.6) is 0 Å². The van der Waals surface area contributed by atoms with Gasteiger partial charge < -0.3 is 28.4 Å². The SMILES string of the molecule is COC(=O)C1=C[C@H](OC(C)=O)[C@@H](OC(C)=O)[C@H]([C@H](OC(C)=O)[C@@H](CSC(C)=O)OC(C)=O)O1. The normalized spacial score (nSPS) is 21.3. The number of thioether (sulfide) groups is 1. The van der Waals surface area contributed by atoms with Gasteiger partial charge in [0.05, 0.1) is 7.11 Å². The predicted molar refractivity (Wildman–Crippen MR) is 110 cm³/mol. The summed E-state index contributed by atoms with van der Waals surface area (Å²) in [7, 11) is 1.08. The summed E-state index contributed by atoms with van der Waals surface area (Å²) in [6.07, 6.45) is -5.90. The monoisotopic (exact) mass is 490 g/mol. The summed E-state index contributed by atoms with van der Waals surface area (Å²) in [5.74, 6) is -4.70. The maximum absolute atomic E-state index is 12.2. The summed E-state index contributed by atoms with van der Waals surface area (Å²) in [6, 6.07) is 0. The molecule has 0 aromatic rings. The molecule has 0 spiro atoms. The molecule has 0 aromatic carbocycles. The number of ether oxygens (including phenoxy) is 6. The molecule has 0 saturated carbocycles. The minimum Gasteiger partial charge on any atom is -0.475 e. The van der Waals surface area contributed by atoms with Crippen LogP contribution in [0.4, 0.5) is 0 Å². The van der Waals surface area contributed by atoms with E-state index in [4.69, 9.17) is 23.7 Å². The molecule has 184 valence electrons. The maximum atomic E-state index is 12.2. The van der Waals surface area contributed by atoms with Crippen LogP contribution in [0, 0.1) is 0 Å². The van der Waals surface area contributed by atoms with E-state index in [2.05, 4.69) is 4.74 Å². The highest BCUT2D eigenvalue weighted by Gasteiger charge is 2.50. The van der Waals surface area contributed by atoms with Crippen molar-refractivity contribution in [3.63, 3.8) is 0 Å². The number of hydrogen-bond donors (Lipinski definition) is 0. The largest absolute Gasteiger partial charge is 0.475 e. The van der Waals surface area contributed by atoms with Crippen LogP contribution in [0.1, 0.15) is 34.6 Å². The molecule has 5 atom stereocenters. The van der Waals surface area contributed by atoms with Crippen molar-refractivity contribution in [2.45, 2.75) is 65.1 Å². The Morgan fingerprint density at radius 3 is 1.94 bits per heavy atom. The topological polar surface area (TPSA) is 158 Å². The van der Waals surface area contributed by atoms with E-state index in [9.17, 15) is 28.8 Å². The average Bonchev–Trinajstić information content (AvgIpc) is 2.68. The van der Waals surface area contributed by atoms with Crippen molar-refractivity contribution in [2.24, 2.45) is 0 Å². The number of hydrogen-bond acceptors (Lipinski definition) is 13. The van der Waals surface area contributed by atoms with Gasteiger partial charge in [0.2, 0.25) is 5.76 Å². The molecule has 0 aromatic heterocycles. The third-order valence-electron chi connectivity index (χ3n) is 3.98. The second-order valence-corrected chi connectivity index (χ2v) is 7.97. The first kappa shape index (κ1) is 27.9. The third-order valence-corrected chi connectivity index (χ3v) is 4.88. The maximum Gasteiger partial charge on any atom is 0.373 e. The van der Waals surface area contributed by atoms with Gasteiger partial charge >= 0.3 is 29.8 Å². The van der Waals surface area contributed by atoms with E-state index in [-0.39, 0.29) is 10.9 Å². The van der Waals surface area contributed by atoms with Gasteiger partial charge in [0, 0.05) is 46.4 Å². The number of carbonyl (C=O) groups is 6. The lowest BCUT2D eigenvalue weighted by atomic mass is 9.95. The summed E-state index contributed by atoms with van der Waals surface area (Å²) in [5.41, 5.74) is 0. The van der Waals surface area contributed by atoms with Gasteiger partial charge in [0.25, 0.3) is 0 Å². The van der Waals surface area contributed by atoms with E-state index < -0.39 is 66.1 Å². The van der Waals surface area contributed by atoms with Gasteiger partial charge in [-0.25, -0.2) is 4.79 Å². The van der Waals surface area contributed by atoms with Crippen molar-refractivity contribution in [2.75, 3.05) is 12.9 Å². The number of carbonyl (C=O) groups excluding carboxylic acids is 6. The Hall–Kier alpha value is -3.09. The first-order valence-electron chi connectivity index (χ1n) is 9.64. The first-order valence-corrected chi connectivity index (χ1v) is 10.6. The zero-order valence-corrected chi connectivity index (χ0v) is 19.8. The smallest absolute Gasteiger partial charge is 0.373 e. The van der Waals surface area contributed by atoms with Crippen LogP contribution in [0.15, 0.2) is 11.8 Å². The van der Waals surface area contributed by atoms with E-state index in [1.54, 1.807) is 0 Å². The van der Waals surface area contributed by atoms with Crippen LogP contribution in [0.25, 0.3) is 0 Å². The predicted octanol–water partition coefficient (Wildman–Crippen LogP) is 0.449. The van der Waals surface area contributed by atoms with Crippen molar-refractivity contribution >= 4 is 46.7 Å². The fourth-order valence-electron chi connectivity index (χ4n) is 2.93. The molecule has 0 amide bonds. The summed E-state index contributed by atoms with van der Waals surface area (Å²) in [6.45, 7) is 5.63. The molecule has 0 unspecified atom stereocenters. The average molecular weight is 490 g/mol. The lowest BCUT2D eigenvalue weighted by Gasteiger charge is -2.40. The summed E-state index contributed by atoms with van der Waals surface area (Å²) in [5, 5.41) is -0.317. The zero-order chi connectivity index (χ0) is 25.3. The van der Waals surface area contributed by atoms with Crippen molar-refractivity contribution in [1.82, 2.24) is 0 Å². The molecule has 0 radical (unpaired) electrons. The Morgan fingerprint density at radius 1 is 0.909 bits per heavy atom.